The van der Waals surface area contributed by atoms with Crippen LogP contribution in [-0.2, 0) is 4.79 Å². The molecule has 0 heterocycles. The minimum absolute atomic E-state index is 0.516. The molecule has 0 aliphatic heterocycles. The van der Waals surface area contributed by atoms with Crippen LogP contribution in [0.2, 0.25) is 0 Å². The number of rotatable bonds is 5. The molecule has 138 valence electrons. The van der Waals surface area contributed by atoms with Gasteiger partial charge in [0.2, 0.25) is 0 Å². The number of ketones is 1. The summed E-state index contributed by atoms with van der Waals surface area (Å²) in [5.74, 6) is 1.61. The molecule has 0 atom stereocenters. The Balaban J connectivity index is 0.000000186. The molecule has 5 rings (SSSR count). The summed E-state index contributed by atoms with van der Waals surface area (Å²) in [6.07, 6.45) is 4.76. The molecule has 0 amide bonds. The van der Waals surface area contributed by atoms with Gasteiger partial charge in [-0.25, -0.2) is 0 Å². The molecule has 3 aromatic rings. The fourth-order valence-corrected chi connectivity index (χ4v) is 6.56. The van der Waals surface area contributed by atoms with E-state index < -0.39 is 7.92 Å². The van der Waals surface area contributed by atoms with Crippen molar-refractivity contribution in [3.63, 3.8) is 0 Å². The molecule has 2 saturated carbocycles. The van der Waals surface area contributed by atoms with Crippen LogP contribution >= 0.6 is 7.92 Å². The Hall–Kier alpha value is -2.24. The Morgan fingerprint density at radius 1 is 0.556 bits per heavy atom. The van der Waals surface area contributed by atoms with Gasteiger partial charge in [0.05, 0.1) is 0 Å². The van der Waals surface area contributed by atoms with Crippen LogP contribution in [0.15, 0.2) is 91.0 Å². The molecule has 2 fully saturated rings. The molecular formula is C25H27OP. The van der Waals surface area contributed by atoms with Crippen LogP contribution in [0, 0.1) is 11.8 Å². The van der Waals surface area contributed by atoms with E-state index in [1.807, 2.05) is 0 Å². The number of carbonyl (C=O) groups is 1. The van der Waals surface area contributed by atoms with E-state index in [0.29, 0.717) is 17.6 Å². The first-order valence-electron chi connectivity index (χ1n) is 10.0. The molecule has 0 spiro atoms. The monoisotopic (exact) mass is 374 g/mol. The topological polar surface area (TPSA) is 17.1 Å². The number of Topliss-reactive ketones (excluding diaryl/α,β-unsaturated/α-hetero) is 1. The fraction of sp³-hybridized carbons (Fsp3) is 0.240. The normalized spacial score (nSPS) is 16.1. The van der Waals surface area contributed by atoms with Crippen LogP contribution in [0.3, 0.4) is 0 Å². The second-order valence-electron chi connectivity index (χ2n) is 7.62. The van der Waals surface area contributed by atoms with Gasteiger partial charge in [-0.1, -0.05) is 0 Å². The average Bonchev–Trinajstić information content (AvgIpc) is 3.64. The van der Waals surface area contributed by atoms with E-state index in [1.54, 1.807) is 0 Å². The summed E-state index contributed by atoms with van der Waals surface area (Å²) in [7, 11) is -1.31. The molecule has 0 unspecified atom stereocenters. The zero-order chi connectivity index (χ0) is 18.5. The summed E-state index contributed by atoms with van der Waals surface area (Å²) in [4.78, 5) is 11.0. The van der Waals surface area contributed by atoms with Gasteiger partial charge in [0.15, 0.2) is 0 Å². The molecule has 0 bridgehead atoms. The van der Waals surface area contributed by atoms with E-state index in [-0.39, 0.29) is 0 Å². The first-order chi connectivity index (χ1) is 13.3. The Bertz CT molecular complexity index is 745. The summed E-state index contributed by atoms with van der Waals surface area (Å²) < 4.78 is 0. The second kappa shape index (κ2) is 8.63. The van der Waals surface area contributed by atoms with Gasteiger partial charge in [-0.05, 0) is 25.7 Å². The van der Waals surface area contributed by atoms with Crippen LogP contribution < -0.4 is 15.9 Å². The van der Waals surface area contributed by atoms with Gasteiger partial charge in [0.25, 0.3) is 0 Å². The fourth-order valence-electron chi connectivity index (χ4n) is 3.58. The predicted octanol–water partition coefficient (Wildman–Crippen LogP) is 4.28. The van der Waals surface area contributed by atoms with Crippen molar-refractivity contribution in [2.24, 2.45) is 11.8 Å². The van der Waals surface area contributed by atoms with E-state index in [0.717, 1.165) is 0 Å². The third-order valence-corrected chi connectivity index (χ3v) is 8.51. The first kappa shape index (κ1) is 18.1. The van der Waals surface area contributed by atoms with E-state index in [1.165, 1.54) is 41.6 Å². The van der Waals surface area contributed by atoms with E-state index in [2.05, 4.69) is 91.0 Å². The summed E-state index contributed by atoms with van der Waals surface area (Å²) in [6.45, 7) is 0. The van der Waals surface area contributed by atoms with Crippen LogP contribution in [0.25, 0.3) is 0 Å². The van der Waals surface area contributed by atoms with E-state index >= 15 is 0 Å². The maximum absolute atomic E-state index is 11.0. The summed E-state index contributed by atoms with van der Waals surface area (Å²) in [5, 5.41) is 4.42. The first-order valence-corrected chi connectivity index (χ1v) is 11.7. The molecule has 2 aliphatic carbocycles. The van der Waals surface area contributed by atoms with Crippen LogP contribution in [-0.4, -0.2) is 5.78 Å². The Morgan fingerprint density at radius 2 is 0.852 bits per heavy atom. The zero-order valence-corrected chi connectivity index (χ0v) is 16.8. The molecule has 0 radical (unpaired) electrons. The maximum atomic E-state index is 11.0. The third-order valence-electron chi connectivity index (χ3n) is 5.36. The van der Waals surface area contributed by atoms with Crippen LogP contribution in [0.5, 0.6) is 0 Å². The van der Waals surface area contributed by atoms with Crippen LogP contribution in [0.4, 0.5) is 0 Å². The van der Waals surface area contributed by atoms with Gasteiger partial charge in [0.1, 0.15) is 5.78 Å². The van der Waals surface area contributed by atoms with Crippen LogP contribution in [0.1, 0.15) is 25.7 Å². The Morgan fingerprint density at radius 3 is 1.11 bits per heavy atom. The molecule has 2 heteroatoms. The van der Waals surface area contributed by atoms with Crippen molar-refractivity contribution in [3.8, 4) is 0 Å². The number of hydrogen-bond donors (Lipinski definition) is 0. The van der Waals surface area contributed by atoms with Gasteiger partial charge < -0.3 is 0 Å². The van der Waals surface area contributed by atoms with Gasteiger partial charge in [0, 0.05) is 11.8 Å². The number of hydrogen-bond acceptors (Lipinski definition) is 1. The summed E-state index contributed by atoms with van der Waals surface area (Å²) in [6, 6.07) is 32.7. The molecule has 27 heavy (non-hydrogen) atoms. The molecule has 3 aromatic carbocycles. The van der Waals surface area contributed by atoms with Gasteiger partial charge in [-0.2, -0.15) is 0 Å². The third kappa shape index (κ3) is 4.93. The van der Waals surface area contributed by atoms with Gasteiger partial charge >= 0.3 is 115 Å². The van der Waals surface area contributed by atoms with Crippen molar-refractivity contribution >= 4 is 29.6 Å². The average molecular weight is 374 g/mol. The zero-order valence-electron chi connectivity index (χ0n) is 15.6. The van der Waals surface area contributed by atoms with E-state index in [9.17, 15) is 4.79 Å². The van der Waals surface area contributed by atoms with Crippen molar-refractivity contribution in [1.82, 2.24) is 0 Å². The molecule has 1 nitrogen and oxygen atoms in total. The SMILES string of the molecule is O=C(C1CC1)C1CC1.c1ccc([PH2](c2ccccc2)c2ccccc2)cc1. The van der Waals surface area contributed by atoms with Gasteiger partial charge in [-0.15, -0.1) is 0 Å². The molecule has 0 N–H and O–H groups in total. The second-order valence-corrected chi connectivity index (χ2v) is 10.5. The molecule has 2 aliphatic rings. The van der Waals surface area contributed by atoms with Gasteiger partial charge in [-0.3, -0.25) is 4.79 Å². The van der Waals surface area contributed by atoms with Crippen molar-refractivity contribution in [2.75, 3.05) is 0 Å². The molecular weight excluding hydrogens is 347 g/mol. The molecule has 0 saturated heterocycles. The summed E-state index contributed by atoms with van der Waals surface area (Å²) >= 11 is 0. The minimum atomic E-state index is -1.31. The van der Waals surface area contributed by atoms with Crippen molar-refractivity contribution < 1.29 is 4.79 Å². The molecule has 0 aromatic heterocycles. The Kier molecular flexibility index (Phi) is 5.80. The number of carbonyl (C=O) groups excluding carboxylic acids is 1. The summed E-state index contributed by atoms with van der Waals surface area (Å²) in [5.41, 5.74) is 0. The number of benzene rings is 3. The predicted molar refractivity (Wildman–Crippen MR) is 118 cm³/mol. The van der Waals surface area contributed by atoms with Crippen molar-refractivity contribution in [2.45, 2.75) is 25.7 Å². The Labute approximate surface area is 163 Å². The quantitative estimate of drug-likeness (QED) is 0.609. The van der Waals surface area contributed by atoms with Crippen molar-refractivity contribution in [1.29, 1.82) is 0 Å². The van der Waals surface area contributed by atoms with Crippen molar-refractivity contribution in [3.05, 3.63) is 91.0 Å². The van der Waals surface area contributed by atoms with E-state index in [4.69, 9.17) is 0 Å². The standard InChI is InChI=1S/C18H17P.C7H10O/c1-4-10-16(11-5-1)19(17-12-6-2-7-13-17)18-14-8-3-9-15-18;8-7(5-1-2-5)6-3-4-6/h1-15H,19H2;5-6H,1-4H2.